The third-order valence-corrected chi connectivity index (χ3v) is 5.37. The van der Waals surface area contributed by atoms with Gasteiger partial charge in [-0.2, -0.15) is 0 Å². The van der Waals surface area contributed by atoms with Gasteiger partial charge in [-0.15, -0.1) is 0 Å². The number of rotatable bonds is 3. The lowest BCUT2D eigenvalue weighted by molar-refractivity contribution is 0.0527. The molecular weight excluding hydrogens is 334 g/mol. The fourth-order valence-electron chi connectivity index (χ4n) is 4.00. The van der Waals surface area contributed by atoms with Crippen molar-refractivity contribution in [2.75, 3.05) is 11.9 Å². The van der Waals surface area contributed by atoms with Crippen LogP contribution in [-0.4, -0.2) is 12.6 Å². The van der Waals surface area contributed by atoms with E-state index in [1.807, 2.05) is 31.2 Å². The molecule has 128 valence electrons. The van der Waals surface area contributed by atoms with E-state index in [2.05, 4.69) is 35.7 Å². The molecule has 0 bridgehead atoms. The minimum absolute atomic E-state index is 0.139. The van der Waals surface area contributed by atoms with Crippen LogP contribution in [0.5, 0.6) is 0 Å². The highest BCUT2D eigenvalue weighted by atomic mass is 35.5. The first-order valence-electron chi connectivity index (χ1n) is 8.67. The van der Waals surface area contributed by atoms with Crippen molar-refractivity contribution in [3.8, 4) is 0 Å². The maximum Gasteiger partial charge on any atom is 0.340 e. The van der Waals surface area contributed by atoms with Gasteiger partial charge in [0.2, 0.25) is 0 Å². The number of fused-ring (bicyclic) bond motifs is 3. The summed E-state index contributed by atoms with van der Waals surface area (Å²) in [6.45, 7) is 2.20. The number of anilines is 1. The Morgan fingerprint density at radius 2 is 2.04 bits per heavy atom. The average molecular weight is 354 g/mol. The molecule has 0 saturated heterocycles. The highest BCUT2D eigenvalue weighted by Crippen LogP contribution is 2.50. The minimum atomic E-state index is -0.276. The second-order valence-electron chi connectivity index (χ2n) is 6.52. The van der Waals surface area contributed by atoms with Crippen LogP contribution in [0.1, 0.15) is 46.8 Å². The zero-order valence-electron chi connectivity index (χ0n) is 14.0. The quantitative estimate of drug-likeness (QED) is 0.597. The van der Waals surface area contributed by atoms with Crippen molar-refractivity contribution in [1.29, 1.82) is 0 Å². The highest BCUT2D eigenvalue weighted by Gasteiger charge is 2.39. The molecule has 2 aromatic carbocycles. The monoisotopic (exact) mass is 353 g/mol. The third kappa shape index (κ3) is 2.83. The van der Waals surface area contributed by atoms with E-state index in [0.717, 1.165) is 17.1 Å². The molecule has 25 heavy (non-hydrogen) atoms. The van der Waals surface area contributed by atoms with Crippen molar-refractivity contribution in [2.45, 2.75) is 25.3 Å². The second-order valence-corrected chi connectivity index (χ2v) is 6.95. The summed E-state index contributed by atoms with van der Waals surface area (Å²) in [6, 6.07) is 14.0. The molecule has 0 fully saturated rings. The van der Waals surface area contributed by atoms with Crippen LogP contribution in [0.3, 0.4) is 0 Å². The van der Waals surface area contributed by atoms with E-state index in [1.54, 1.807) is 0 Å². The topological polar surface area (TPSA) is 38.3 Å². The van der Waals surface area contributed by atoms with Gasteiger partial charge in [0.05, 0.1) is 23.9 Å². The number of hydrogen-bond donors (Lipinski definition) is 1. The van der Waals surface area contributed by atoms with Gasteiger partial charge in [0.1, 0.15) is 0 Å². The fraction of sp³-hybridized carbons (Fsp3) is 0.286. The predicted molar refractivity (Wildman–Crippen MR) is 100 cm³/mol. The Morgan fingerprint density at radius 1 is 1.24 bits per heavy atom. The van der Waals surface area contributed by atoms with E-state index in [1.165, 1.54) is 11.1 Å². The molecule has 4 heteroatoms. The third-order valence-electron chi connectivity index (χ3n) is 5.12. The largest absolute Gasteiger partial charge is 0.462 e. The molecule has 2 aromatic rings. The first kappa shape index (κ1) is 16.2. The van der Waals surface area contributed by atoms with Crippen LogP contribution in [0.2, 0.25) is 5.02 Å². The SMILES string of the molecule is CCOC(=O)c1cccc2c1N[C@@H](c1ccc(Cl)cc1)[C@H]1CC=C[C@@H]21. The number of nitrogens with one attached hydrogen (secondary N) is 1. The molecule has 1 aliphatic carbocycles. The van der Waals surface area contributed by atoms with Crippen LogP contribution in [0.4, 0.5) is 5.69 Å². The summed E-state index contributed by atoms with van der Waals surface area (Å²) in [5.74, 6) is 0.472. The number of allylic oxidation sites excluding steroid dienone is 2. The van der Waals surface area contributed by atoms with Gasteiger partial charge < -0.3 is 10.1 Å². The van der Waals surface area contributed by atoms with Gasteiger partial charge in [0, 0.05) is 10.9 Å². The number of para-hydroxylation sites is 1. The number of carbonyl (C=O) groups is 1. The molecular formula is C21H20ClNO2. The Labute approximate surface area is 152 Å². The van der Waals surface area contributed by atoms with Gasteiger partial charge in [-0.25, -0.2) is 4.79 Å². The van der Waals surface area contributed by atoms with Gasteiger partial charge in [0.25, 0.3) is 0 Å². The summed E-state index contributed by atoms with van der Waals surface area (Å²) >= 11 is 6.05. The minimum Gasteiger partial charge on any atom is -0.462 e. The molecule has 1 heterocycles. The number of benzene rings is 2. The first-order valence-corrected chi connectivity index (χ1v) is 9.05. The first-order chi connectivity index (χ1) is 12.2. The Bertz CT molecular complexity index is 828. The van der Waals surface area contributed by atoms with E-state index in [4.69, 9.17) is 16.3 Å². The summed E-state index contributed by atoms with van der Waals surface area (Å²) < 4.78 is 5.25. The van der Waals surface area contributed by atoms with Crippen LogP contribution < -0.4 is 5.32 Å². The van der Waals surface area contributed by atoms with Gasteiger partial charge in [0.15, 0.2) is 0 Å². The number of hydrogen-bond acceptors (Lipinski definition) is 3. The summed E-state index contributed by atoms with van der Waals surface area (Å²) in [6.07, 6.45) is 5.53. The van der Waals surface area contributed by atoms with E-state index in [-0.39, 0.29) is 12.0 Å². The van der Waals surface area contributed by atoms with E-state index in [0.29, 0.717) is 24.0 Å². The predicted octanol–water partition coefficient (Wildman–Crippen LogP) is 5.34. The molecule has 0 spiro atoms. The van der Waals surface area contributed by atoms with Crippen LogP contribution in [0.15, 0.2) is 54.6 Å². The standard InChI is InChI=1S/C21H20ClNO2/c1-2-25-21(24)18-8-4-7-17-15-5-3-6-16(15)19(23-20(17)18)13-9-11-14(22)12-10-13/h3-5,7-12,15-16,19,23H,2,6H2,1H3/t15-,16+,19+/m1/s1. The lowest BCUT2D eigenvalue weighted by atomic mass is 9.76. The lowest BCUT2D eigenvalue weighted by Gasteiger charge is -2.38. The van der Waals surface area contributed by atoms with Crippen LogP contribution in [-0.2, 0) is 4.74 Å². The molecule has 3 nitrogen and oxygen atoms in total. The zero-order chi connectivity index (χ0) is 17.4. The maximum absolute atomic E-state index is 12.4. The molecule has 4 rings (SSSR count). The molecule has 0 amide bonds. The Hall–Kier alpha value is -2.26. The van der Waals surface area contributed by atoms with E-state index < -0.39 is 0 Å². The number of esters is 1. The summed E-state index contributed by atoms with van der Waals surface area (Å²) in [5, 5.41) is 4.36. The Morgan fingerprint density at radius 3 is 2.80 bits per heavy atom. The molecule has 3 atom stereocenters. The van der Waals surface area contributed by atoms with Crippen molar-refractivity contribution in [3.63, 3.8) is 0 Å². The normalized spacial score (nSPS) is 23.5. The van der Waals surface area contributed by atoms with Crippen LogP contribution in [0, 0.1) is 5.92 Å². The summed E-state index contributed by atoms with van der Waals surface area (Å²) in [5.41, 5.74) is 3.87. The smallest absolute Gasteiger partial charge is 0.340 e. The van der Waals surface area contributed by atoms with Crippen LogP contribution in [0.25, 0.3) is 0 Å². The molecule has 1 aliphatic heterocycles. The fourth-order valence-corrected chi connectivity index (χ4v) is 4.13. The summed E-state index contributed by atoms with van der Waals surface area (Å²) in [7, 11) is 0. The van der Waals surface area contributed by atoms with E-state index in [9.17, 15) is 4.79 Å². The van der Waals surface area contributed by atoms with Crippen molar-refractivity contribution < 1.29 is 9.53 Å². The van der Waals surface area contributed by atoms with Gasteiger partial charge in [-0.05, 0) is 48.6 Å². The van der Waals surface area contributed by atoms with Crippen molar-refractivity contribution >= 4 is 23.3 Å². The van der Waals surface area contributed by atoms with Gasteiger partial charge in [-0.3, -0.25) is 0 Å². The van der Waals surface area contributed by atoms with Crippen molar-refractivity contribution in [3.05, 3.63) is 76.3 Å². The molecule has 1 N–H and O–H groups in total. The number of halogens is 1. The maximum atomic E-state index is 12.4. The van der Waals surface area contributed by atoms with Crippen LogP contribution >= 0.6 is 11.6 Å². The molecule has 0 radical (unpaired) electrons. The lowest BCUT2D eigenvalue weighted by Crippen LogP contribution is -2.30. The highest BCUT2D eigenvalue weighted by molar-refractivity contribution is 6.30. The average Bonchev–Trinajstić information content (AvgIpc) is 3.11. The van der Waals surface area contributed by atoms with E-state index >= 15 is 0 Å². The van der Waals surface area contributed by atoms with Gasteiger partial charge >= 0.3 is 5.97 Å². The summed E-state index contributed by atoms with van der Waals surface area (Å²) in [4.78, 5) is 12.4. The number of carbonyl (C=O) groups excluding carboxylic acids is 1. The zero-order valence-corrected chi connectivity index (χ0v) is 14.8. The number of ether oxygens (including phenoxy) is 1. The Balaban J connectivity index is 1.79. The second kappa shape index (κ2) is 6.57. The van der Waals surface area contributed by atoms with Crippen molar-refractivity contribution in [2.24, 2.45) is 5.92 Å². The molecule has 0 saturated carbocycles. The molecule has 2 aliphatic rings. The molecule has 0 aromatic heterocycles. The Kier molecular flexibility index (Phi) is 4.26. The van der Waals surface area contributed by atoms with Gasteiger partial charge in [-0.1, -0.05) is 48.0 Å². The molecule has 0 unspecified atom stereocenters. The van der Waals surface area contributed by atoms with Crippen molar-refractivity contribution in [1.82, 2.24) is 0 Å².